The highest BCUT2D eigenvalue weighted by Crippen LogP contribution is 2.23. The molecule has 0 saturated carbocycles. The van der Waals surface area contributed by atoms with Gasteiger partial charge in [-0.3, -0.25) is 4.79 Å². The highest BCUT2D eigenvalue weighted by Gasteiger charge is 2.16. The molecule has 0 saturated heterocycles. The standard InChI is InChI=1S/C12H16F2N2O/c1-7(5-12(16)17)4-11(15)9-6-8(13)2-3-10(9)14/h2-3,6-7,11H,4-5,15H2,1H3,(H2,16,17). The summed E-state index contributed by atoms with van der Waals surface area (Å²) in [5.41, 5.74) is 11.0. The van der Waals surface area contributed by atoms with E-state index in [-0.39, 0.29) is 17.9 Å². The topological polar surface area (TPSA) is 69.1 Å². The van der Waals surface area contributed by atoms with E-state index in [2.05, 4.69) is 0 Å². The van der Waals surface area contributed by atoms with E-state index >= 15 is 0 Å². The molecule has 0 aliphatic heterocycles. The molecule has 0 heterocycles. The van der Waals surface area contributed by atoms with Crippen LogP contribution in [0.25, 0.3) is 0 Å². The van der Waals surface area contributed by atoms with E-state index in [9.17, 15) is 13.6 Å². The maximum Gasteiger partial charge on any atom is 0.217 e. The molecule has 1 amide bonds. The quantitative estimate of drug-likeness (QED) is 0.827. The summed E-state index contributed by atoms with van der Waals surface area (Å²) < 4.78 is 26.4. The molecule has 1 rings (SSSR count). The van der Waals surface area contributed by atoms with Crippen LogP contribution in [0.4, 0.5) is 8.78 Å². The van der Waals surface area contributed by atoms with Gasteiger partial charge >= 0.3 is 0 Å². The molecule has 0 spiro atoms. The second-order valence-electron chi connectivity index (χ2n) is 4.28. The van der Waals surface area contributed by atoms with Crippen LogP contribution in [0.2, 0.25) is 0 Å². The van der Waals surface area contributed by atoms with Crippen LogP contribution in [0.3, 0.4) is 0 Å². The second kappa shape index (κ2) is 5.72. The fourth-order valence-corrected chi connectivity index (χ4v) is 1.79. The van der Waals surface area contributed by atoms with Crippen LogP contribution in [0.15, 0.2) is 18.2 Å². The van der Waals surface area contributed by atoms with Gasteiger partial charge in [-0.1, -0.05) is 6.92 Å². The Morgan fingerprint density at radius 3 is 2.65 bits per heavy atom. The number of hydrogen-bond donors (Lipinski definition) is 2. The van der Waals surface area contributed by atoms with Crippen LogP contribution in [-0.2, 0) is 4.79 Å². The smallest absolute Gasteiger partial charge is 0.217 e. The van der Waals surface area contributed by atoms with Crippen molar-refractivity contribution >= 4 is 5.91 Å². The zero-order chi connectivity index (χ0) is 13.0. The number of hydrogen-bond acceptors (Lipinski definition) is 2. The molecule has 1 aromatic carbocycles. The lowest BCUT2D eigenvalue weighted by molar-refractivity contribution is -0.118. The molecule has 0 radical (unpaired) electrons. The Morgan fingerprint density at radius 1 is 1.41 bits per heavy atom. The number of nitrogens with two attached hydrogens (primary N) is 2. The monoisotopic (exact) mass is 242 g/mol. The predicted molar refractivity (Wildman–Crippen MR) is 60.9 cm³/mol. The molecule has 1 aromatic rings. The predicted octanol–water partition coefficient (Wildman–Crippen LogP) is 1.87. The number of halogens is 2. The Balaban J connectivity index is 2.72. The minimum absolute atomic E-state index is 0.0647. The lowest BCUT2D eigenvalue weighted by atomic mass is 9.94. The van der Waals surface area contributed by atoms with Crippen molar-refractivity contribution in [2.75, 3.05) is 0 Å². The SMILES string of the molecule is CC(CC(N)=O)CC(N)c1cc(F)ccc1F. The van der Waals surface area contributed by atoms with E-state index < -0.39 is 23.6 Å². The van der Waals surface area contributed by atoms with Gasteiger partial charge in [-0.25, -0.2) is 8.78 Å². The molecule has 0 aliphatic carbocycles. The number of carbonyl (C=O) groups is 1. The van der Waals surface area contributed by atoms with Gasteiger partial charge in [0.1, 0.15) is 11.6 Å². The van der Waals surface area contributed by atoms with Gasteiger partial charge in [0, 0.05) is 18.0 Å². The van der Waals surface area contributed by atoms with Crippen molar-refractivity contribution < 1.29 is 13.6 Å². The first-order valence-corrected chi connectivity index (χ1v) is 5.39. The molecule has 2 unspecified atom stereocenters. The minimum atomic E-state index is -0.639. The van der Waals surface area contributed by atoms with Crippen molar-refractivity contribution in [1.29, 1.82) is 0 Å². The maximum atomic E-state index is 13.4. The van der Waals surface area contributed by atoms with Gasteiger partial charge in [0.2, 0.25) is 5.91 Å². The maximum absolute atomic E-state index is 13.4. The molecule has 94 valence electrons. The highest BCUT2D eigenvalue weighted by molar-refractivity contribution is 5.73. The molecule has 2 atom stereocenters. The van der Waals surface area contributed by atoms with Crippen molar-refractivity contribution in [2.45, 2.75) is 25.8 Å². The summed E-state index contributed by atoms with van der Waals surface area (Å²) >= 11 is 0. The van der Waals surface area contributed by atoms with Gasteiger partial charge < -0.3 is 11.5 Å². The van der Waals surface area contributed by atoms with Crippen LogP contribution in [0.1, 0.15) is 31.4 Å². The second-order valence-corrected chi connectivity index (χ2v) is 4.28. The van der Waals surface area contributed by atoms with Crippen LogP contribution in [-0.4, -0.2) is 5.91 Å². The highest BCUT2D eigenvalue weighted by atomic mass is 19.1. The summed E-state index contributed by atoms with van der Waals surface area (Å²) in [5.74, 6) is -1.56. The Labute approximate surface area is 98.8 Å². The van der Waals surface area contributed by atoms with Crippen LogP contribution in [0.5, 0.6) is 0 Å². The molecule has 0 aromatic heterocycles. The van der Waals surface area contributed by atoms with Crippen molar-refractivity contribution in [3.05, 3.63) is 35.4 Å². The summed E-state index contributed by atoms with van der Waals surface area (Å²) in [6.45, 7) is 1.79. The zero-order valence-corrected chi connectivity index (χ0v) is 9.62. The normalized spacial score (nSPS) is 14.4. The number of amides is 1. The average molecular weight is 242 g/mol. The molecule has 5 heteroatoms. The number of benzene rings is 1. The number of carbonyl (C=O) groups excluding carboxylic acids is 1. The van der Waals surface area contributed by atoms with Crippen molar-refractivity contribution in [3.8, 4) is 0 Å². The van der Waals surface area contributed by atoms with E-state index in [0.717, 1.165) is 18.2 Å². The molecule has 3 nitrogen and oxygen atoms in total. The van der Waals surface area contributed by atoms with E-state index in [1.807, 2.05) is 0 Å². The summed E-state index contributed by atoms with van der Waals surface area (Å²) in [6.07, 6.45) is 0.563. The third-order valence-electron chi connectivity index (χ3n) is 2.56. The Morgan fingerprint density at radius 2 is 2.06 bits per heavy atom. The summed E-state index contributed by atoms with van der Waals surface area (Å²) in [6, 6.07) is 2.53. The van der Waals surface area contributed by atoms with Crippen LogP contribution in [0, 0.1) is 17.6 Å². The first kappa shape index (κ1) is 13.6. The third-order valence-corrected chi connectivity index (χ3v) is 2.56. The van der Waals surface area contributed by atoms with Crippen molar-refractivity contribution in [2.24, 2.45) is 17.4 Å². The van der Waals surface area contributed by atoms with E-state index in [1.54, 1.807) is 6.92 Å². The largest absolute Gasteiger partial charge is 0.370 e. The van der Waals surface area contributed by atoms with Crippen molar-refractivity contribution in [3.63, 3.8) is 0 Å². The molecular weight excluding hydrogens is 226 g/mol. The van der Waals surface area contributed by atoms with Gasteiger partial charge in [-0.2, -0.15) is 0 Å². The van der Waals surface area contributed by atoms with E-state index in [1.165, 1.54) is 0 Å². The fraction of sp³-hybridized carbons (Fsp3) is 0.417. The number of rotatable bonds is 5. The molecule has 0 bridgehead atoms. The minimum Gasteiger partial charge on any atom is -0.370 e. The van der Waals surface area contributed by atoms with Crippen molar-refractivity contribution in [1.82, 2.24) is 0 Å². The zero-order valence-electron chi connectivity index (χ0n) is 9.62. The van der Waals surface area contributed by atoms with Gasteiger partial charge in [-0.05, 0) is 30.5 Å². The van der Waals surface area contributed by atoms with E-state index in [0.29, 0.717) is 6.42 Å². The average Bonchev–Trinajstić information content (AvgIpc) is 2.20. The van der Waals surface area contributed by atoms with Gasteiger partial charge in [0.05, 0.1) is 0 Å². The van der Waals surface area contributed by atoms with Gasteiger partial charge in [-0.15, -0.1) is 0 Å². The lowest BCUT2D eigenvalue weighted by Gasteiger charge is -2.17. The van der Waals surface area contributed by atoms with Gasteiger partial charge in [0.25, 0.3) is 0 Å². The first-order chi connectivity index (χ1) is 7.90. The molecule has 4 N–H and O–H groups in total. The first-order valence-electron chi connectivity index (χ1n) is 5.39. The number of primary amides is 1. The molecular formula is C12H16F2N2O. The van der Waals surface area contributed by atoms with E-state index in [4.69, 9.17) is 11.5 Å². The fourth-order valence-electron chi connectivity index (χ4n) is 1.79. The lowest BCUT2D eigenvalue weighted by Crippen LogP contribution is -2.20. The summed E-state index contributed by atoms with van der Waals surface area (Å²) in [4.78, 5) is 10.7. The van der Waals surface area contributed by atoms with Crippen LogP contribution >= 0.6 is 0 Å². The Bertz CT molecular complexity index is 409. The Kier molecular flexibility index (Phi) is 4.57. The third kappa shape index (κ3) is 4.11. The summed E-state index contributed by atoms with van der Waals surface area (Å²) in [5, 5.41) is 0. The molecule has 0 aliphatic rings. The van der Waals surface area contributed by atoms with Crippen LogP contribution < -0.4 is 11.5 Å². The Hall–Kier alpha value is -1.49. The molecule has 17 heavy (non-hydrogen) atoms. The van der Waals surface area contributed by atoms with Gasteiger partial charge in [0.15, 0.2) is 0 Å². The molecule has 0 fully saturated rings. The summed E-state index contributed by atoms with van der Waals surface area (Å²) in [7, 11) is 0.